The van der Waals surface area contributed by atoms with Crippen LogP contribution < -0.4 is 14.8 Å². The van der Waals surface area contributed by atoms with Crippen LogP contribution in [0.2, 0.25) is 5.02 Å². The minimum Gasteiger partial charge on any atom is -0.493 e. The Kier molecular flexibility index (Phi) is 6.58. The maximum absolute atomic E-state index is 12.7. The Balaban J connectivity index is 2.28. The van der Waals surface area contributed by atoms with E-state index >= 15 is 0 Å². The van der Waals surface area contributed by atoms with Gasteiger partial charge in [0.15, 0.2) is 11.5 Å². The van der Waals surface area contributed by atoms with E-state index in [-0.39, 0.29) is 23.1 Å². The fourth-order valence-corrected chi connectivity index (χ4v) is 2.54. The smallest absolute Gasteiger partial charge is 0.387 e. The molecule has 134 valence electrons. The molecule has 1 amide bonds. The molecule has 2 aromatic carbocycles. The molecule has 2 rings (SSSR count). The third-order valence-electron chi connectivity index (χ3n) is 3.64. The number of ether oxygens (including phenoxy) is 2. The number of carbonyl (C=O) groups excluding carboxylic acids is 1. The summed E-state index contributed by atoms with van der Waals surface area (Å²) in [5.74, 6) is -0.757. The largest absolute Gasteiger partial charge is 0.493 e. The quantitative estimate of drug-likeness (QED) is 0.760. The van der Waals surface area contributed by atoms with E-state index < -0.39 is 12.5 Å². The average molecular weight is 370 g/mol. The summed E-state index contributed by atoms with van der Waals surface area (Å²) in [5, 5.41) is 3.41. The molecular formula is C18H18ClF2NO3. The van der Waals surface area contributed by atoms with Gasteiger partial charge in [0, 0.05) is 5.02 Å². The minimum absolute atomic E-state index is 0.0212. The number of amides is 1. The van der Waals surface area contributed by atoms with E-state index in [0.717, 1.165) is 5.56 Å². The number of carbonyl (C=O) groups is 1. The van der Waals surface area contributed by atoms with Crippen LogP contribution in [0.4, 0.5) is 8.78 Å². The first-order valence-corrected chi connectivity index (χ1v) is 8.02. The van der Waals surface area contributed by atoms with Crippen molar-refractivity contribution in [3.05, 3.63) is 58.6 Å². The summed E-state index contributed by atoms with van der Waals surface area (Å²) in [6.07, 6.45) is 0.613. The number of para-hydroxylation sites is 1. The monoisotopic (exact) mass is 369 g/mol. The van der Waals surface area contributed by atoms with Gasteiger partial charge in [-0.05, 0) is 36.2 Å². The van der Waals surface area contributed by atoms with Crippen LogP contribution in [0, 0.1) is 0 Å². The second kappa shape index (κ2) is 8.67. The van der Waals surface area contributed by atoms with Gasteiger partial charge in [0.05, 0.1) is 18.7 Å². The van der Waals surface area contributed by atoms with Gasteiger partial charge in [0.2, 0.25) is 0 Å². The third-order valence-corrected chi connectivity index (χ3v) is 3.89. The molecule has 0 aliphatic rings. The number of hydrogen-bond acceptors (Lipinski definition) is 3. The first kappa shape index (κ1) is 19.0. The summed E-state index contributed by atoms with van der Waals surface area (Å²) >= 11 is 5.87. The molecule has 0 aromatic heterocycles. The molecule has 0 radical (unpaired) electrons. The molecule has 0 fully saturated rings. The van der Waals surface area contributed by atoms with Crippen molar-refractivity contribution >= 4 is 17.5 Å². The molecule has 1 atom stereocenters. The van der Waals surface area contributed by atoms with Crippen molar-refractivity contribution in [1.29, 1.82) is 0 Å². The topological polar surface area (TPSA) is 47.6 Å². The van der Waals surface area contributed by atoms with Crippen molar-refractivity contribution in [2.75, 3.05) is 7.11 Å². The van der Waals surface area contributed by atoms with E-state index in [2.05, 4.69) is 10.1 Å². The number of halogens is 3. The lowest BCUT2D eigenvalue weighted by atomic mass is 10.0. The van der Waals surface area contributed by atoms with Gasteiger partial charge in [0.1, 0.15) is 0 Å². The molecule has 0 aliphatic heterocycles. The van der Waals surface area contributed by atoms with E-state index in [9.17, 15) is 13.6 Å². The van der Waals surface area contributed by atoms with E-state index in [1.165, 1.54) is 25.3 Å². The highest BCUT2D eigenvalue weighted by atomic mass is 35.5. The highest BCUT2D eigenvalue weighted by Gasteiger charge is 2.22. The molecule has 0 saturated carbocycles. The number of benzene rings is 2. The number of nitrogens with one attached hydrogen (secondary N) is 1. The zero-order valence-corrected chi connectivity index (χ0v) is 14.5. The predicted molar refractivity (Wildman–Crippen MR) is 91.6 cm³/mol. The van der Waals surface area contributed by atoms with Crippen LogP contribution in [-0.4, -0.2) is 19.6 Å². The van der Waals surface area contributed by atoms with Gasteiger partial charge in [-0.2, -0.15) is 8.78 Å². The average Bonchev–Trinajstić information content (AvgIpc) is 2.60. The summed E-state index contributed by atoms with van der Waals surface area (Å²) < 4.78 is 34.9. The highest BCUT2D eigenvalue weighted by Crippen LogP contribution is 2.33. The van der Waals surface area contributed by atoms with Gasteiger partial charge in [-0.15, -0.1) is 0 Å². The lowest BCUT2D eigenvalue weighted by molar-refractivity contribution is -0.0515. The summed E-state index contributed by atoms with van der Waals surface area (Å²) in [6.45, 7) is -1.16. The first-order valence-electron chi connectivity index (χ1n) is 7.64. The maximum atomic E-state index is 12.7. The van der Waals surface area contributed by atoms with Gasteiger partial charge in [-0.25, -0.2) is 0 Å². The van der Waals surface area contributed by atoms with Gasteiger partial charge < -0.3 is 14.8 Å². The Hall–Kier alpha value is -2.34. The van der Waals surface area contributed by atoms with Crippen LogP contribution in [-0.2, 0) is 0 Å². The number of hydrogen-bond donors (Lipinski definition) is 1. The fraction of sp³-hybridized carbons (Fsp3) is 0.278. The van der Waals surface area contributed by atoms with Crippen molar-refractivity contribution in [3.8, 4) is 11.5 Å². The SMILES string of the molecule is CC[C@H](NC(=O)c1cccc(OC)c1OC(F)F)c1ccc(Cl)cc1. The second-order valence-corrected chi connectivity index (χ2v) is 5.64. The molecule has 7 heteroatoms. The Morgan fingerprint density at radius 3 is 2.44 bits per heavy atom. The molecule has 4 nitrogen and oxygen atoms in total. The van der Waals surface area contributed by atoms with Gasteiger partial charge >= 0.3 is 6.61 Å². The molecular weight excluding hydrogens is 352 g/mol. The van der Waals surface area contributed by atoms with E-state index in [1.54, 1.807) is 24.3 Å². The van der Waals surface area contributed by atoms with Crippen molar-refractivity contribution in [1.82, 2.24) is 5.32 Å². The zero-order valence-electron chi connectivity index (χ0n) is 13.8. The summed E-state index contributed by atoms with van der Waals surface area (Å²) in [7, 11) is 1.32. The van der Waals surface area contributed by atoms with Crippen LogP contribution in [0.15, 0.2) is 42.5 Å². The van der Waals surface area contributed by atoms with Crippen molar-refractivity contribution in [3.63, 3.8) is 0 Å². The minimum atomic E-state index is -3.07. The number of methoxy groups -OCH3 is 1. The van der Waals surface area contributed by atoms with Gasteiger partial charge in [-0.3, -0.25) is 4.79 Å². The van der Waals surface area contributed by atoms with Crippen molar-refractivity contribution in [2.24, 2.45) is 0 Å². The Bertz CT molecular complexity index is 723. The van der Waals surface area contributed by atoms with E-state index in [0.29, 0.717) is 11.4 Å². The van der Waals surface area contributed by atoms with Crippen molar-refractivity contribution < 1.29 is 23.0 Å². The molecule has 0 bridgehead atoms. The second-order valence-electron chi connectivity index (χ2n) is 5.20. The molecule has 0 heterocycles. The van der Waals surface area contributed by atoms with Crippen LogP contribution >= 0.6 is 11.6 Å². The Labute approximate surface area is 149 Å². The molecule has 0 spiro atoms. The van der Waals surface area contributed by atoms with Crippen LogP contribution in [0.1, 0.15) is 35.3 Å². The standard InChI is InChI=1S/C18H18ClF2NO3/c1-3-14(11-7-9-12(19)10-8-11)22-17(23)13-5-4-6-15(24-2)16(13)25-18(20)21/h4-10,14,18H,3H2,1-2H3,(H,22,23)/t14-/m0/s1. The number of rotatable bonds is 7. The molecule has 0 saturated heterocycles. The normalized spacial score (nSPS) is 11.9. The number of alkyl halides is 2. The molecule has 2 aromatic rings. The summed E-state index contributed by atoms with van der Waals surface area (Å²) in [5.41, 5.74) is 0.839. The maximum Gasteiger partial charge on any atom is 0.387 e. The molecule has 0 aliphatic carbocycles. The molecule has 25 heavy (non-hydrogen) atoms. The zero-order chi connectivity index (χ0) is 18.4. The van der Waals surface area contributed by atoms with E-state index in [1.807, 2.05) is 6.92 Å². The molecule has 1 N–H and O–H groups in total. The predicted octanol–water partition coefficient (Wildman–Crippen LogP) is 4.83. The van der Waals surface area contributed by atoms with Crippen molar-refractivity contribution in [2.45, 2.75) is 26.0 Å². The lowest BCUT2D eigenvalue weighted by Gasteiger charge is -2.19. The fourth-order valence-electron chi connectivity index (χ4n) is 2.42. The van der Waals surface area contributed by atoms with Gasteiger partial charge in [0.25, 0.3) is 5.91 Å². The highest BCUT2D eigenvalue weighted by molar-refractivity contribution is 6.30. The van der Waals surface area contributed by atoms with Crippen LogP contribution in [0.25, 0.3) is 0 Å². The summed E-state index contributed by atoms with van der Waals surface area (Å²) in [6, 6.07) is 11.2. The van der Waals surface area contributed by atoms with Gasteiger partial charge in [-0.1, -0.05) is 36.7 Å². The molecule has 0 unspecified atom stereocenters. The Morgan fingerprint density at radius 2 is 1.88 bits per heavy atom. The van der Waals surface area contributed by atoms with E-state index in [4.69, 9.17) is 16.3 Å². The van der Waals surface area contributed by atoms with Crippen LogP contribution in [0.5, 0.6) is 11.5 Å². The summed E-state index contributed by atoms with van der Waals surface area (Å²) in [4.78, 5) is 12.6. The van der Waals surface area contributed by atoms with Crippen LogP contribution in [0.3, 0.4) is 0 Å². The first-order chi connectivity index (χ1) is 12.0. The third kappa shape index (κ3) is 4.82. The Morgan fingerprint density at radius 1 is 1.20 bits per heavy atom. The lowest BCUT2D eigenvalue weighted by Crippen LogP contribution is -2.28.